The molecule has 0 radical (unpaired) electrons. The maximum Gasteiger partial charge on any atom is 0.409 e. The molecular formula is C30H34ClN3O5. The first kappa shape index (κ1) is 27.2. The number of hydrogen-bond donors (Lipinski definition) is 1. The average Bonchev–Trinajstić information content (AvgIpc) is 3.31. The average molecular weight is 552 g/mol. The molecule has 3 aliphatic rings. The van der Waals surface area contributed by atoms with Gasteiger partial charge in [0.25, 0.3) is 0 Å². The van der Waals surface area contributed by atoms with Gasteiger partial charge >= 0.3 is 12.1 Å². The molecule has 2 aliphatic heterocycles. The van der Waals surface area contributed by atoms with Crippen molar-refractivity contribution >= 4 is 23.7 Å². The Morgan fingerprint density at radius 2 is 1.79 bits per heavy atom. The maximum atomic E-state index is 12.7. The van der Waals surface area contributed by atoms with Crippen LogP contribution in [0.25, 0.3) is 11.1 Å². The molecule has 0 unspecified atom stereocenters. The molecule has 0 atom stereocenters. The van der Waals surface area contributed by atoms with E-state index in [4.69, 9.17) is 21.1 Å². The van der Waals surface area contributed by atoms with Crippen molar-refractivity contribution < 1.29 is 24.2 Å². The first-order chi connectivity index (χ1) is 18.7. The standard InChI is InChI=1S/C30H34ClN3O5/c1-33(16-11-21-3-9-24(31)10-4-21)28(37)38-19-26-25(18-32-34(26)2)22-5-7-23(8-6-22)29-12-14-30(15-13-29,39-20-29)17-27(35)36/h3-10,18H,11-17,19-20H2,1-2H3,(H,35,36). The van der Waals surface area contributed by atoms with E-state index in [-0.39, 0.29) is 24.5 Å². The van der Waals surface area contributed by atoms with Crippen molar-refractivity contribution in [1.82, 2.24) is 14.7 Å². The molecule has 2 aromatic carbocycles. The summed E-state index contributed by atoms with van der Waals surface area (Å²) in [6, 6.07) is 16.0. The van der Waals surface area contributed by atoms with Crippen molar-refractivity contribution in [1.29, 1.82) is 0 Å². The monoisotopic (exact) mass is 551 g/mol. The van der Waals surface area contributed by atoms with E-state index in [1.807, 2.05) is 31.3 Å². The molecule has 1 amide bonds. The third-order valence-electron chi connectivity index (χ3n) is 8.41. The molecular weight excluding hydrogens is 518 g/mol. The number of likely N-dealkylation sites (N-methyl/N-ethyl adjacent to an activating group) is 1. The molecule has 1 N–H and O–H groups in total. The van der Waals surface area contributed by atoms with Gasteiger partial charge in [-0.15, -0.1) is 0 Å². The van der Waals surface area contributed by atoms with E-state index in [1.54, 1.807) is 22.8 Å². The Morgan fingerprint density at radius 1 is 1.10 bits per heavy atom. The Bertz CT molecular complexity index is 1310. The largest absolute Gasteiger partial charge is 0.481 e. The molecule has 1 aliphatic carbocycles. The van der Waals surface area contributed by atoms with Crippen LogP contribution in [0.15, 0.2) is 54.7 Å². The molecule has 2 saturated heterocycles. The number of benzene rings is 2. The number of aliphatic carboxylic acids is 1. The lowest BCUT2D eigenvalue weighted by Gasteiger charge is -2.53. The summed E-state index contributed by atoms with van der Waals surface area (Å²) in [7, 11) is 3.57. The molecule has 1 aromatic heterocycles. The van der Waals surface area contributed by atoms with Crippen LogP contribution in [0.3, 0.4) is 0 Å². The Kier molecular flexibility index (Phi) is 7.69. The number of nitrogens with zero attached hydrogens (tertiary/aromatic N) is 3. The molecule has 9 heteroatoms. The fourth-order valence-corrected chi connectivity index (χ4v) is 5.92. The van der Waals surface area contributed by atoms with Gasteiger partial charge in [0, 0.05) is 36.6 Å². The zero-order chi connectivity index (χ0) is 27.6. The molecule has 39 heavy (non-hydrogen) atoms. The van der Waals surface area contributed by atoms with Gasteiger partial charge in [0.2, 0.25) is 0 Å². The second kappa shape index (κ2) is 11.0. The van der Waals surface area contributed by atoms with Gasteiger partial charge in [-0.25, -0.2) is 4.79 Å². The minimum absolute atomic E-state index is 0.0668. The van der Waals surface area contributed by atoms with Crippen LogP contribution in [-0.2, 0) is 39.8 Å². The van der Waals surface area contributed by atoms with E-state index in [0.29, 0.717) is 24.6 Å². The molecule has 3 aromatic rings. The van der Waals surface area contributed by atoms with Crippen LogP contribution >= 0.6 is 11.6 Å². The fourth-order valence-electron chi connectivity index (χ4n) is 5.80. The molecule has 6 rings (SSSR count). The second-order valence-corrected chi connectivity index (χ2v) is 11.3. The molecule has 8 nitrogen and oxygen atoms in total. The Labute approximate surface area is 233 Å². The topological polar surface area (TPSA) is 93.9 Å². The van der Waals surface area contributed by atoms with Gasteiger partial charge in [0.1, 0.15) is 6.61 Å². The van der Waals surface area contributed by atoms with Crippen molar-refractivity contribution in [3.05, 3.63) is 76.6 Å². The lowest BCUT2D eigenvalue weighted by molar-refractivity contribution is -0.174. The number of fused-ring (bicyclic) bond motifs is 3. The highest BCUT2D eigenvalue weighted by Gasteiger charge is 2.51. The third kappa shape index (κ3) is 5.82. The van der Waals surface area contributed by atoms with Crippen LogP contribution in [0.4, 0.5) is 4.79 Å². The lowest BCUT2D eigenvalue weighted by atomic mass is 9.62. The summed E-state index contributed by atoms with van der Waals surface area (Å²) >= 11 is 5.95. The van der Waals surface area contributed by atoms with Crippen molar-refractivity contribution in [3.8, 4) is 11.1 Å². The molecule has 0 spiro atoms. The number of hydrogen-bond acceptors (Lipinski definition) is 5. The Balaban J connectivity index is 1.20. The summed E-state index contributed by atoms with van der Waals surface area (Å²) in [6.07, 6.45) is 5.59. The molecule has 2 bridgehead atoms. The van der Waals surface area contributed by atoms with E-state index in [9.17, 15) is 14.7 Å². The molecule has 206 valence electrons. The molecule has 3 fully saturated rings. The third-order valence-corrected chi connectivity index (χ3v) is 8.66. The van der Waals surface area contributed by atoms with Crippen LogP contribution in [0, 0.1) is 0 Å². The smallest absolute Gasteiger partial charge is 0.409 e. The van der Waals surface area contributed by atoms with Gasteiger partial charge in [-0.1, -0.05) is 48.0 Å². The number of carboxylic acid groups (broad SMARTS) is 1. The number of rotatable bonds is 9. The van der Waals surface area contributed by atoms with Crippen LogP contribution < -0.4 is 0 Å². The predicted molar refractivity (Wildman–Crippen MR) is 148 cm³/mol. The first-order valence-corrected chi connectivity index (χ1v) is 13.7. The van der Waals surface area contributed by atoms with Gasteiger partial charge in [0.15, 0.2) is 0 Å². The van der Waals surface area contributed by atoms with Crippen LogP contribution in [0.1, 0.15) is 48.9 Å². The van der Waals surface area contributed by atoms with E-state index in [1.165, 1.54) is 5.56 Å². The summed E-state index contributed by atoms with van der Waals surface area (Å²) in [5.74, 6) is -0.795. The highest BCUT2D eigenvalue weighted by molar-refractivity contribution is 6.30. The Hall–Kier alpha value is -3.36. The highest BCUT2D eigenvalue weighted by atomic mass is 35.5. The lowest BCUT2D eigenvalue weighted by Crippen LogP contribution is -2.54. The number of aryl methyl sites for hydroxylation is 1. The number of ether oxygens (including phenoxy) is 2. The summed E-state index contributed by atoms with van der Waals surface area (Å²) in [6.45, 7) is 1.20. The van der Waals surface area contributed by atoms with Gasteiger partial charge < -0.3 is 19.5 Å². The van der Waals surface area contributed by atoms with E-state index < -0.39 is 11.6 Å². The van der Waals surface area contributed by atoms with E-state index in [2.05, 4.69) is 29.4 Å². The first-order valence-electron chi connectivity index (χ1n) is 13.3. The van der Waals surface area contributed by atoms with Crippen LogP contribution in [0.5, 0.6) is 0 Å². The van der Waals surface area contributed by atoms with Gasteiger partial charge in [-0.05, 0) is 60.9 Å². The predicted octanol–water partition coefficient (Wildman–Crippen LogP) is 5.61. The maximum absolute atomic E-state index is 12.7. The van der Waals surface area contributed by atoms with Crippen molar-refractivity contribution in [2.75, 3.05) is 20.2 Å². The van der Waals surface area contributed by atoms with Crippen LogP contribution in [-0.4, -0.2) is 57.6 Å². The minimum atomic E-state index is -0.795. The number of carbonyl (C=O) groups excluding carboxylic acids is 1. The van der Waals surface area contributed by atoms with Crippen LogP contribution in [0.2, 0.25) is 5.02 Å². The summed E-state index contributed by atoms with van der Waals surface area (Å²) in [5.41, 5.74) is 4.48. The fraction of sp³-hybridized carbons (Fsp3) is 0.433. The number of carboxylic acids is 1. The number of aromatic nitrogens is 2. The zero-order valence-electron chi connectivity index (χ0n) is 22.4. The molecule has 1 saturated carbocycles. The summed E-state index contributed by atoms with van der Waals surface area (Å²) < 4.78 is 13.5. The molecule has 3 heterocycles. The summed E-state index contributed by atoms with van der Waals surface area (Å²) in [5, 5.41) is 14.4. The zero-order valence-corrected chi connectivity index (χ0v) is 23.1. The van der Waals surface area contributed by atoms with E-state index >= 15 is 0 Å². The van der Waals surface area contributed by atoms with Crippen molar-refractivity contribution in [2.24, 2.45) is 7.05 Å². The van der Waals surface area contributed by atoms with Gasteiger partial charge in [0.05, 0.1) is 30.5 Å². The normalized spacial score (nSPS) is 22.0. The van der Waals surface area contributed by atoms with Gasteiger partial charge in [-0.3, -0.25) is 9.48 Å². The highest BCUT2D eigenvalue weighted by Crippen LogP contribution is 2.51. The summed E-state index contributed by atoms with van der Waals surface area (Å²) in [4.78, 5) is 25.5. The van der Waals surface area contributed by atoms with Crippen molar-refractivity contribution in [2.45, 2.75) is 56.1 Å². The number of amides is 1. The number of carbonyl (C=O) groups is 2. The SMILES string of the molecule is CN(CCc1ccc(Cl)cc1)C(=O)OCc1c(-c2ccc(C34CCC(CC(=O)O)(CC3)OC4)cc2)cnn1C. The second-order valence-electron chi connectivity index (χ2n) is 10.9. The number of halogens is 1. The van der Waals surface area contributed by atoms with E-state index in [0.717, 1.165) is 48.1 Å². The Morgan fingerprint density at radius 3 is 2.41 bits per heavy atom. The van der Waals surface area contributed by atoms with Crippen molar-refractivity contribution in [3.63, 3.8) is 0 Å². The minimum Gasteiger partial charge on any atom is -0.481 e. The van der Waals surface area contributed by atoms with Gasteiger partial charge in [-0.2, -0.15) is 5.10 Å². The quantitative estimate of drug-likeness (QED) is 0.372.